The van der Waals surface area contributed by atoms with Crippen LogP contribution in [0, 0.1) is 11.6 Å². The molecule has 8 nitrogen and oxygen atoms in total. The number of hydrogen-bond donors (Lipinski definition) is 2. The van der Waals surface area contributed by atoms with Crippen LogP contribution in [-0.2, 0) is 23.0 Å². The van der Waals surface area contributed by atoms with Crippen molar-refractivity contribution in [3.8, 4) is 22.9 Å². The molecule has 2 N–H and O–H groups in total. The van der Waals surface area contributed by atoms with Crippen molar-refractivity contribution >= 4 is 15.8 Å². The number of nitrogens with zero attached hydrogens (tertiary/aromatic N) is 3. The predicted octanol–water partition coefficient (Wildman–Crippen LogP) is 6.39. The molecule has 0 saturated heterocycles. The first-order valence-electron chi connectivity index (χ1n) is 13.9. The van der Waals surface area contributed by atoms with Gasteiger partial charge in [-0.2, -0.15) is 8.42 Å². The Morgan fingerprint density at radius 3 is 2.09 bits per heavy atom. The predicted molar refractivity (Wildman–Crippen MR) is 159 cm³/mol. The minimum atomic E-state index is -3.99. The quantitative estimate of drug-likeness (QED) is 0.118. The van der Waals surface area contributed by atoms with Crippen LogP contribution in [0.5, 0.6) is 11.6 Å². The van der Waals surface area contributed by atoms with E-state index in [1.165, 1.54) is 0 Å². The van der Waals surface area contributed by atoms with Crippen LogP contribution >= 0.6 is 0 Å². The summed E-state index contributed by atoms with van der Waals surface area (Å²) in [7, 11) is -3.99. The monoisotopic (exact) mass is 607 g/mol. The lowest BCUT2D eigenvalue weighted by Gasteiger charge is -2.10. The molecule has 0 spiro atoms. The zero-order chi connectivity index (χ0) is 30.4. The molecule has 2 heterocycles. The van der Waals surface area contributed by atoms with Crippen molar-refractivity contribution in [2.75, 3.05) is 12.4 Å². The van der Waals surface area contributed by atoms with E-state index in [1.54, 1.807) is 10.6 Å². The lowest BCUT2D eigenvalue weighted by Crippen LogP contribution is -2.05. The molecule has 2 aromatic heterocycles. The summed E-state index contributed by atoms with van der Waals surface area (Å²) in [5.41, 5.74) is 4.15. The normalized spacial score (nSPS) is 11.7. The van der Waals surface area contributed by atoms with Crippen LogP contribution in [-0.4, -0.2) is 44.8 Å². The molecule has 0 atom stereocenters. The number of imidazole rings is 1. The summed E-state index contributed by atoms with van der Waals surface area (Å²) in [4.78, 5) is 9.50. The van der Waals surface area contributed by atoms with Gasteiger partial charge < -0.3 is 9.84 Å². The molecule has 0 unspecified atom stereocenters. The first-order chi connectivity index (χ1) is 20.7. The zero-order valence-corrected chi connectivity index (χ0v) is 24.1. The highest BCUT2D eigenvalue weighted by atomic mass is 32.2. The molecule has 0 aliphatic rings. The van der Waals surface area contributed by atoms with Crippen LogP contribution in [0.15, 0.2) is 79.0 Å². The number of hydrogen-bond acceptors (Lipinski definition) is 6. The maximum absolute atomic E-state index is 14.9. The Balaban J connectivity index is 1.35. The van der Waals surface area contributed by atoms with Gasteiger partial charge in [-0.05, 0) is 36.1 Å². The molecule has 0 fully saturated rings. The number of benzene rings is 3. The van der Waals surface area contributed by atoms with Crippen molar-refractivity contribution in [2.24, 2.45) is 0 Å². The third-order valence-electron chi connectivity index (χ3n) is 6.98. The van der Waals surface area contributed by atoms with Gasteiger partial charge in [0.15, 0.2) is 23.0 Å². The van der Waals surface area contributed by atoms with Crippen LogP contribution in [0.3, 0.4) is 0 Å². The highest BCUT2D eigenvalue weighted by molar-refractivity contribution is 7.85. The summed E-state index contributed by atoms with van der Waals surface area (Å²) < 4.78 is 66.9. The largest absolute Gasteiger partial charge is 0.493 e. The Bertz CT molecular complexity index is 1790. The molecular weight excluding hydrogens is 576 g/mol. The molecule has 0 aliphatic carbocycles. The fraction of sp³-hybridized carbons (Fsp3) is 0.250. The summed E-state index contributed by atoms with van der Waals surface area (Å²) in [5, 5.41) is 11.2. The first kappa shape index (κ1) is 30.1. The number of unbranched alkanes of at least 4 members (excludes halogenated alkanes) is 3. The first-order valence-corrected chi connectivity index (χ1v) is 15.5. The molecule has 3 aromatic carbocycles. The van der Waals surface area contributed by atoms with E-state index in [-0.39, 0.29) is 35.9 Å². The maximum Gasteiger partial charge on any atom is 0.264 e. The highest BCUT2D eigenvalue weighted by Gasteiger charge is 2.20. The van der Waals surface area contributed by atoms with E-state index in [0.717, 1.165) is 23.3 Å². The minimum Gasteiger partial charge on any atom is -0.493 e. The Kier molecular flexibility index (Phi) is 9.32. The van der Waals surface area contributed by atoms with Gasteiger partial charge in [0.2, 0.25) is 5.88 Å². The van der Waals surface area contributed by atoms with Crippen molar-refractivity contribution in [1.29, 1.82) is 0 Å². The van der Waals surface area contributed by atoms with Gasteiger partial charge in [0, 0.05) is 24.6 Å². The molecule has 5 aromatic rings. The fourth-order valence-electron chi connectivity index (χ4n) is 4.88. The summed E-state index contributed by atoms with van der Waals surface area (Å²) in [5.74, 6) is -2.70. The second-order valence-corrected chi connectivity index (χ2v) is 11.9. The molecule has 0 amide bonds. The van der Waals surface area contributed by atoms with E-state index < -0.39 is 27.5 Å². The standard InChI is InChI=1S/C32H31F2N3O5S/c33-25-17-23(18-26(34)30(25)42-15-9-1-2-10-16-43(39,40)41)20-28-32(38)37-21-29(24-13-7-4-8-14-24)35-27(31(37)36-28)19-22-11-5-3-6-12-22/h3-8,11-14,17-18,21,38H,1-2,9-10,15-16,19-20H2,(H,39,40,41). The van der Waals surface area contributed by atoms with E-state index in [9.17, 15) is 22.3 Å². The summed E-state index contributed by atoms with van der Waals surface area (Å²) in [6.45, 7) is 0.0488. The molecule has 0 bridgehead atoms. The number of halogens is 2. The Morgan fingerprint density at radius 1 is 0.791 bits per heavy atom. The number of fused-ring (bicyclic) bond motifs is 1. The van der Waals surface area contributed by atoms with Crippen LogP contribution in [0.25, 0.3) is 16.9 Å². The van der Waals surface area contributed by atoms with Crippen molar-refractivity contribution in [1.82, 2.24) is 14.4 Å². The number of rotatable bonds is 13. The number of ether oxygens (including phenoxy) is 1. The lowest BCUT2D eigenvalue weighted by molar-refractivity contribution is 0.275. The fourth-order valence-corrected chi connectivity index (χ4v) is 5.45. The van der Waals surface area contributed by atoms with Crippen LogP contribution < -0.4 is 4.74 Å². The average molecular weight is 608 g/mol. The third-order valence-corrected chi connectivity index (χ3v) is 7.78. The van der Waals surface area contributed by atoms with Gasteiger partial charge >= 0.3 is 0 Å². The second kappa shape index (κ2) is 13.3. The van der Waals surface area contributed by atoms with E-state index in [2.05, 4.69) is 4.98 Å². The highest BCUT2D eigenvalue weighted by Crippen LogP contribution is 2.30. The van der Waals surface area contributed by atoms with Gasteiger partial charge in [-0.25, -0.2) is 18.7 Å². The van der Waals surface area contributed by atoms with Crippen molar-refractivity contribution in [3.63, 3.8) is 0 Å². The van der Waals surface area contributed by atoms with Crippen molar-refractivity contribution < 1.29 is 31.6 Å². The maximum atomic E-state index is 14.9. The molecule has 11 heteroatoms. The Hall–Kier alpha value is -4.35. The average Bonchev–Trinajstić information content (AvgIpc) is 3.29. The summed E-state index contributed by atoms with van der Waals surface area (Å²) in [6, 6.07) is 21.7. The van der Waals surface area contributed by atoms with Gasteiger partial charge in [-0.1, -0.05) is 73.5 Å². The topological polar surface area (TPSA) is 114 Å². The van der Waals surface area contributed by atoms with Crippen LogP contribution in [0.1, 0.15) is 48.2 Å². The summed E-state index contributed by atoms with van der Waals surface area (Å²) in [6.07, 6.45) is 4.01. The van der Waals surface area contributed by atoms with E-state index in [0.29, 0.717) is 49.1 Å². The van der Waals surface area contributed by atoms with Crippen molar-refractivity contribution in [3.05, 3.63) is 113 Å². The summed E-state index contributed by atoms with van der Waals surface area (Å²) >= 11 is 0. The zero-order valence-electron chi connectivity index (χ0n) is 23.3. The van der Waals surface area contributed by atoms with E-state index in [4.69, 9.17) is 14.3 Å². The van der Waals surface area contributed by atoms with Crippen LogP contribution in [0.2, 0.25) is 0 Å². The van der Waals surface area contributed by atoms with Gasteiger partial charge in [-0.3, -0.25) is 8.95 Å². The van der Waals surface area contributed by atoms with E-state index in [1.807, 2.05) is 60.7 Å². The molecule has 0 radical (unpaired) electrons. The SMILES string of the molecule is O=S(=O)(O)CCCCCCOc1c(F)cc(Cc2nc3c(Cc4ccccc4)nc(-c4ccccc4)cn3c2O)cc1F. The van der Waals surface area contributed by atoms with Crippen LogP contribution in [0.4, 0.5) is 8.78 Å². The second-order valence-electron chi connectivity index (χ2n) is 10.3. The smallest absolute Gasteiger partial charge is 0.264 e. The molecule has 43 heavy (non-hydrogen) atoms. The minimum absolute atomic E-state index is 0.0269. The third kappa shape index (κ3) is 7.74. The van der Waals surface area contributed by atoms with Crippen molar-refractivity contribution in [2.45, 2.75) is 38.5 Å². The van der Waals surface area contributed by atoms with Gasteiger partial charge in [0.1, 0.15) is 5.69 Å². The number of aromatic hydroxyl groups is 1. The molecule has 5 rings (SSSR count). The van der Waals surface area contributed by atoms with Gasteiger partial charge in [-0.15, -0.1) is 0 Å². The van der Waals surface area contributed by atoms with E-state index >= 15 is 0 Å². The molecule has 0 aliphatic heterocycles. The lowest BCUT2D eigenvalue weighted by atomic mass is 10.1. The molecule has 0 saturated carbocycles. The van der Waals surface area contributed by atoms with Gasteiger partial charge in [0.25, 0.3) is 10.1 Å². The Morgan fingerprint density at radius 2 is 1.42 bits per heavy atom. The molecular formula is C32H31F2N3O5S. The number of aromatic nitrogens is 3. The Labute approximate surface area is 248 Å². The van der Waals surface area contributed by atoms with Gasteiger partial charge in [0.05, 0.1) is 23.7 Å². The molecule has 224 valence electrons.